The maximum atomic E-state index is 10.6. The predicted octanol–water partition coefficient (Wildman–Crippen LogP) is 2.10. The van der Waals surface area contributed by atoms with E-state index in [2.05, 4.69) is 4.37 Å². The van der Waals surface area contributed by atoms with Crippen LogP contribution >= 0.6 is 22.5 Å². The molecule has 0 amide bonds. The monoisotopic (exact) mass is 175 g/mol. The molecule has 0 aliphatic heterocycles. The van der Waals surface area contributed by atoms with Crippen molar-refractivity contribution >= 4 is 22.5 Å². The molecule has 1 aromatic heterocycles. The lowest BCUT2D eigenvalue weighted by molar-refractivity contribution is 0.591. The van der Waals surface area contributed by atoms with E-state index in [4.69, 9.17) is 11.6 Å². The molecular formula is C6H6ClNOS. The highest BCUT2D eigenvalue weighted by atomic mass is 35.5. The average molecular weight is 176 g/mol. The number of nitrogens with zero attached hydrogens (tertiary/aromatic N) is 1. The molecule has 0 aliphatic rings. The number of aromatic nitrogens is 1. The molecule has 0 spiro atoms. The van der Waals surface area contributed by atoms with Crippen molar-refractivity contribution in [3.8, 4) is 0 Å². The zero-order chi connectivity index (χ0) is 7.40. The Morgan fingerprint density at radius 1 is 1.80 bits per heavy atom. The molecule has 0 saturated heterocycles. The zero-order valence-corrected chi connectivity index (χ0v) is 6.73. The van der Waals surface area contributed by atoms with Crippen LogP contribution in [-0.4, -0.2) is 8.93 Å². The standard InChI is InChI=1S/C6H6ClNOS/c7-4-1-2-6-3-5-10(9)8-6/h1,3-5H,2H2. The van der Waals surface area contributed by atoms with Gasteiger partial charge in [0.25, 0.3) is 0 Å². The van der Waals surface area contributed by atoms with E-state index in [0.717, 1.165) is 5.69 Å². The number of rotatable bonds is 2. The summed E-state index contributed by atoms with van der Waals surface area (Å²) < 4.78 is 14.4. The van der Waals surface area contributed by atoms with Gasteiger partial charge in [0.15, 0.2) is 5.38 Å². The minimum absolute atomic E-state index is 0.658. The topological polar surface area (TPSA) is 36.0 Å². The molecule has 1 heterocycles. The molecule has 54 valence electrons. The molecule has 0 bridgehead atoms. The quantitative estimate of drug-likeness (QED) is 0.646. The fourth-order valence-corrected chi connectivity index (χ4v) is 1.37. The van der Waals surface area contributed by atoms with Gasteiger partial charge in [-0.15, -0.1) is 0 Å². The number of allylic oxidation sites excluding steroid dienone is 1. The molecule has 0 saturated carbocycles. The Kier molecular flexibility index (Phi) is 2.86. The van der Waals surface area contributed by atoms with Gasteiger partial charge < -0.3 is 4.55 Å². The van der Waals surface area contributed by atoms with Crippen molar-refractivity contribution in [2.45, 2.75) is 6.42 Å². The first-order chi connectivity index (χ1) is 4.83. The van der Waals surface area contributed by atoms with E-state index >= 15 is 0 Å². The predicted molar refractivity (Wildman–Crippen MR) is 41.6 cm³/mol. The third-order valence-electron chi connectivity index (χ3n) is 1.00. The molecule has 0 N–H and O–H groups in total. The van der Waals surface area contributed by atoms with Crippen LogP contribution in [0.2, 0.25) is 0 Å². The molecule has 1 unspecified atom stereocenters. The summed E-state index contributed by atoms with van der Waals surface area (Å²) in [7, 11) is -1.13. The minimum atomic E-state index is -1.13. The van der Waals surface area contributed by atoms with Crippen molar-refractivity contribution in [3.05, 3.63) is 28.8 Å². The first kappa shape index (κ1) is 7.72. The van der Waals surface area contributed by atoms with E-state index in [1.165, 1.54) is 5.54 Å². The second-order valence-corrected chi connectivity index (χ2v) is 2.99. The van der Waals surface area contributed by atoms with Gasteiger partial charge in [0, 0.05) is 18.0 Å². The smallest absolute Gasteiger partial charge is 0.163 e. The molecular weight excluding hydrogens is 170 g/mol. The van der Waals surface area contributed by atoms with Gasteiger partial charge >= 0.3 is 0 Å². The number of halogens is 1. The van der Waals surface area contributed by atoms with E-state index in [-0.39, 0.29) is 0 Å². The Labute approximate surface area is 67.1 Å². The van der Waals surface area contributed by atoms with Crippen molar-refractivity contribution in [2.75, 3.05) is 0 Å². The molecule has 0 aromatic carbocycles. The lowest BCUT2D eigenvalue weighted by atomic mass is 10.3. The summed E-state index contributed by atoms with van der Waals surface area (Å²) >= 11 is 5.28. The van der Waals surface area contributed by atoms with Crippen LogP contribution in [0.15, 0.2) is 23.1 Å². The highest BCUT2D eigenvalue weighted by Gasteiger charge is 1.97. The van der Waals surface area contributed by atoms with Gasteiger partial charge in [-0.3, -0.25) is 0 Å². The Balaban J connectivity index is 2.58. The van der Waals surface area contributed by atoms with Crippen molar-refractivity contribution in [3.63, 3.8) is 0 Å². The van der Waals surface area contributed by atoms with Crippen LogP contribution in [0.3, 0.4) is 0 Å². The molecule has 1 atom stereocenters. The lowest BCUT2D eigenvalue weighted by Gasteiger charge is -1.80. The van der Waals surface area contributed by atoms with Crippen molar-refractivity contribution in [1.82, 2.24) is 4.37 Å². The normalized spacial score (nSPS) is 12.8. The van der Waals surface area contributed by atoms with Gasteiger partial charge in [0.05, 0.1) is 10.9 Å². The maximum Gasteiger partial charge on any atom is 0.163 e. The summed E-state index contributed by atoms with van der Waals surface area (Å²) in [4.78, 5) is 0. The Bertz CT molecular complexity index is 233. The fraction of sp³-hybridized carbons (Fsp3) is 0.167. The highest BCUT2D eigenvalue weighted by molar-refractivity contribution is 7.17. The molecule has 0 aliphatic carbocycles. The molecule has 1 aromatic rings. The summed E-state index contributed by atoms with van der Waals surface area (Å²) in [6.45, 7) is 0. The van der Waals surface area contributed by atoms with Crippen molar-refractivity contribution < 1.29 is 4.55 Å². The van der Waals surface area contributed by atoms with E-state index in [9.17, 15) is 4.55 Å². The van der Waals surface area contributed by atoms with Gasteiger partial charge in [-0.25, -0.2) is 0 Å². The summed E-state index contributed by atoms with van der Waals surface area (Å²) in [5.41, 5.74) is 2.24. The van der Waals surface area contributed by atoms with Gasteiger partial charge in [0.1, 0.15) is 5.69 Å². The first-order valence-electron chi connectivity index (χ1n) is 2.74. The van der Waals surface area contributed by atoms with E-state index in [0.29, 0.717) is 6.42 Å². The van der Waals surface area contributed by atoms with Crippen molar-refractivity contribution in [1.29, 1.82) is 0 Å². The van der Waals surface area contributed by atoms with E-state index in [1.807, 2.05) is 0 Å². The van der Waals surface area contributed by atoms with Crippen LogP contribution in [0.25, 0.3) is 0 Å². The van der Waals surface area contributed by atoms with Crippen molar-refractivity contribution in [2.24, 2.45) is 0 Å². The Hall–Kier alpha value is -0.380. The van der Waals surface area contributed by atoms with Gasteiger partial charge in [-0.1, -0.05) is 17.7 Å². The fourth-order valence-electron chi connectivity index (χ4n) is 0.584. The molecule has 2 nitrogen and oxygen atoms in total. The van der Waals surface area contributed by atoms with Crippen LogP contribution in [0.4, 0.5) is 0 Å². The zero-order valence-electron chi connectivity index (χ0n) is 5.16. The first-order valence-corrected chi connectivity index (χ1v) is 4.35. The number of hydrogen-bond acceptors (Lipinski definition) is 2. The molecule has 1 rings (SSSR count). The van der Waals surface area contributed by atoms with Crippen LogP contribution < -0.4 is 0 Å². The second kappa shape index (κ2) is 3.71. The maximum absolute atomic E-state index is 10.6. The van der Waals surface area contributed by atoms with Gasteiger partial charge in [0.2, 0.25) is 0 Å². The molecule has 0 radical (unpaired) electrons. The lowest BCUT2D eigenvalue weighted by Crippen LogP contribution is -1.77. The SMILES string of the molecule is [O-][s+]1ccc(CC=CCl)n1. The van der Waals surface area contributed by atoms with E-state index in [1.54, 1.807) is 17.5 Å². The largest absolute Gasteiger partial charge is 0.569 e. The molecule has 0 fully saturated rings. The highest BCUT2D eigenvalue weighted by Crippen LogP contribution is 2.09. The minimum Gasteiger partial charge on any atom is -0.569 e. The second-order valence-electron chi connectivity index (χ2n) is 1.73. The Morgan fingerprint density at radius 2 is 2.60 bits per heavy atom. The van der Waals surface area contributed by atoms with Crippen LogP contribution in [0.1, 0.15) is 5.69 Å². The summed E-state index contributed by atoms with van der Waals surface area (Å²) in [5.74, 6) is 0. The van der Waals surface area contributed by atoms with Gasteiger partial charge in [-0.2, -0.15) is 0 Å². The van der Waals surface area contributed by atoms with Gasteiger partial charge in [-0.05, 0) is 4.37 Å². The van der Waals surface area contributed by atoms with Crippen LogP contribution in [-0.2, 0) is 6.42 Å². The summed E-state index contributed by atoms with van der Waals surface area (Å²) in [6.07, 6.45) is 2.42. The average Bonchev–Trinajstić information content (AvgIpc) is 2.31. The van der Waals surface area contributed by atoms with Crippen LogP contribution in [0, 0.1) is 0 Å². The summed E-state index contributed by atoms with van der Waals surface area (Å²) in [6, 6.07) is 1.74. The van der Waals surface area contributed by atoms with E-state index < -0.39 is 10.9 Å². The van der Waals surface area contributed by atoms with Crippen LogP contribution in [0.5, 0.6) is 0 Å². The third kappa shape index (κ3) is 2.10. The molecule has 10 heavy (non-hydrogen) atoms. The Morgan fingerprint density at radius 3 is 3.10 bits per heavy atom. The summed E-state index contributed by atoms with van der Waals surface area (Å²) in [5, 5.41) is 1.55. The third-order valence-corrected chi connectivity index (χ3v) is 1.96. The molecule has 4 heteroatoms. The number of hydrogen-bond donors (Lipinski definition) is 0.